The van der Waals surface area contributed by atoms with Crippen LogP contribution in [0, 0.1) is 27.6 Å². The molecule has 0 saturated heterocycles. The second-order valence-corrected chi connectivity index (χ2v) is 8.45. The molecule has 2 aromatic rings. The zero-order chi connectivity index (χ0) is 28.0. The number of carbonyl (C=O) groups is 2. The van der Waals surface area contributed by atoms with Crippen LogP contribution >= 0.6 is 0 Å². The van der Waals surface area contributed by atoms with E-state index in [4.69, 9.17) is 0 Å². The molecule has 1 aromatic heterocycles. The molecule has 208 valence electrons. The molecule has 2 heterocycles. The molecule has 11 nitrogen and oxygen atoms in total. The summed E-state index contributed by atoms with van der Waals surface area (Å²) >= 11 is 0. The van der Waals surface area contributed by atoms with Crippen molar-refractivity contribution in [2.45, 2.75) is 57.4 Å². The van der Waals surface area contributed by atoms with Gasteiger partial charge in [-0.2, -0.15) is 13.2 Å². The molecule has 38 heavy (non-hydrogen) atoms. The first kappa shape index (κ1) is 28.6. The Kier molecular flexibility index (Phi) is 9.11. The van der Waals surface area contributed by atoms with Crippen LogP contribution in [0.25, 0.3) is 0 Å². The van der Waals surface area contributed by atoms with Crippen LogP contribution in [0.15, 0.2) is 12.1 Å². The molecule has 3 rings (SSSR count). The number of hydrogen-bond acceptors (Lipinski definition) is 7. The lowest BCUT2D eigenvalue weighted by Gasteiger charge is -2.29. The largest absolute Gasteiger partial charge is 0.451 e. The highest BCUT2D eigenvalue weighted by Gasteiger charge is 2.40. The number of fused-ring (bicyclic) bond motifs is 1. The SMILES string of the molecule is O=C(CCCCO[N+](=O)[O-])N[C@@H](CC(=O)N1CCn2c(nnc2C(F)(F)F)C1)Cc1cc(F)c(F)cc1F. The minimum absolute atomic E-state index is 0.0962. The molecule has 1 N–H and O–H groups in total. The monoisotopic (exact) mass is 552 g/mol. The first-order valence-corrected chi connectivity index (χ1v) is 11.3. The lowest BCUT2D eigenvalue weighted by atomic mass is 10.0. The van der Waals surface area contributed by atoms with Crippen molar-refractivity contribution in [3.8, 4) is 0 Å². The zero-order valence-corrected chi connectivity index (χ0v) is 19.6. The second-order valence-electron chi connectivity index (χ2n) is 8.45. The van der Waals surface area contributed by atoms with Crippen LogP contribution in [0.1, 0.15) is 42.9 Å². The third-order valence-electron chi connectivity index (χ3n) is 5.70. The number of hydrogen-bond donors (Lipinski definition) is 1. The highest BCUT2D eigenvalue weighted by molar-refractivity contribution is 5.80. The van der Waals surface area contributed by atoms with Crippen LogP contribution in [-0.2, 0) is 40.1 Å². The number of benzene rings is 1. The summed E-state index contributed by atoms with van der Waals surface area (Å²) in [4.78, 5) is 40.8. The Morgan fingerprint density at radius 2 is 1.82 bits per heavy atom. The predicted molar refractivity (Wildman–Crippen MR) is 114 cm³/mol. The third-order valence-corrected chi connectivity index (χ3v) is 5.70. The fourth-order valence-corrected chi connectivity index (χ4v) is 3.91. The number of carbonyl (C=O) groups excluding carboxylic acids is 2. The fraction of sp³-hybridized carbons (Fsp3) is 0.524. The van der Waals surface area contributed by atoms with E-state index in [1.165, 1.54) is 4.90 Å². The molecule has 0 unspecified atom stereocenters. The summed E-state index contributed by atoms with van der Waals surface area (Å²) < 4.78 is 81.3. The van der Waals surface area contributed by atoms with Crippen molar-refractivity contribution >= 4 is 11.8 Å². The summed E-state index contributed by atoms with van der Waals surface area (Å²) in [5.74, 6) is -6.35. The molecular weight excluding hydrogens is 530 g/mol. The summed E-state index contributed by atoms with van der Waals surface area (Å²) in [6.07, 6.45) is -5.33. The molecule has 0 fully saturated rings. The Morgan fingerprint density at radius 1 is 1.11 bits per heavy atom. The van der Waals surface area contributed by atoms with E-state index in [1.54, 1.807) is 0 Å². The molecule has 0 aliphatic carbocycles. The van der Waals surface area contributed by atoms with Crippen molar-refractivity contribution < 1.29 is 45.9 Å². The molecule has 0 bridgehead atoms. The van der Waals surface area contributed by atoms with Gasteiger partial charge in [0.05, 0.1) is 13.2 Å². The van der Waals surface area contributed by atoms with Crippen LogP contribution in [0.4, 0.5) is 26.3 Å². The quantitative estimate of drug-likeness (QED) is 0.149. The number of unbranched alkanes of at least 4 members (excludes halogenated alkanes) is 1. The van der Waals surface area contributed by atoms with Crippen molar-refractivity contribution in [1.82, 2.24) is 25.0 Å². The Labute approximate surface area is 210 Å². The first-order valence-electron chi connectivity index (χ1n) is 11.3. The van der Waals surface area contributed by atoms with E-state index in [1.807, 2.05) is 0 Å². The lowest BCUT2D eigenvalue weighted by Crippen LogP contribution is -2.44. The maximum Gasteiger partial charge on any atom is 0.451 e. The highest BCUT2D eigenvalue weighted by Crippen LogP contribution is 2.29. The zero-order valence-electron chi connectivity index (χ0n) is 19.6. The summed E-state index contributed by atoms with van der Waals surface area (Å²) in [6, 6.07) is -0.156. The van der Waals surface area contributed by atoms with Gasteiger partial charge in [0.25, 0.3) is 5.09 Å². The van der Waals surface area contributed by atoms with Gasteiger partial charge in [0.2, 0.25) is 17.6 Å². The van der Waals surface area contributed by atoms with Crippen molar-refractivity contribution in [3.63, 3.8) is 0 Å². The van der Waals surface area contributed by atoms with Gasteiger partial charge >= 0.3 is 6.18 Å². The van der Waals surface area contributed by atoms with Gasteiger partial charge in [-0.05, 0) is 30.9 Å². The molecular formula is C21H22F6N6O5. The van der Waals surface area contributed by atoms with Crippen molar-refractivity contribution in [3.05, 3.63) is 56.9 Å². The van der Waals surface area contributed by atoms with Crippen LogP contribution < -0.4 is 5.32 Å². The van der Waals surface area contributed by atoms with Gasteiger partial charge in [0.1, 0.15) is 5.82 Å². The fourth-order valence-electron chi connectivity index (χ4n) is 3.91. The topological polar surface area (TPSA) is 132 Å². The van der Waals surface area contributed by atoms with E-state index < -0.39 is 65.2 Å². The van der Waals surface area contributed by atoms with Crippen molar-refractivity contribution in [2.24, 2.45) is 0 Å². The van der Waals surface area contributed by atoms with E-state index in [2.05, 4.69) is 20.4 Å². The normalized spacial score (nSPS) is 14.1. The van der Waals surface area contributed by atoms with Gasteiger partial charge in [-0.3, -0.25) is 9.59 Å². The van der Waals surface area contributed by atoms with Gasteiger partial charge in [-0.1, -0.05) is 0 Å². The molecule has 0 saturated carbocycles. The molecule has 1 aliphatic rings. The predicted octanol–water partition coefficient (Wildman–Crippen LogP) is 2.55. The highest BCUT2D eigenvalue weighted by atomic mass is 19.4. The van der Waals surface area contributed by atoms with Crippen LogP contribution in [-0.4, -0.2) is 55.8 Å². The molecule has 0 spiro atoms. The maximum absolute atomic E-state index is 14.2. The maximum atomic E-state index is 14.2. The van der Waals surface area contributed by atoms with E-state index >= 15 is 0 Å². The Balaban J connectivity index is 1.68. The van der Waals surface area contributed by atoms with Gasteiger partial charge < -0.3 is 19.6 Å². The molecule has 1 atom stereocenters. The van der Waals surface area contributed by atoms with Crippen LogP contribution in [0.2, 0.25) is 0 Å². The number of rotatable bonds is 11. The van der Waals surface area contributed by atoms with E-state index in [-0.39, 0.29) is 56.9 Å². The standard InChI is InChI=1S/C21H22F6N6O5/c22-14-10-16(24)15(23)8-12(14)7-13(28-18(34)3-1-2-6-38-33(36)37)9-19(35)31-4-5-32-17(11-31)29-30-20(32)21(25,26)27/h8,10,13H,1-7,9,11H2,(H,28,34)/t13-/m1/s1. The minimum Gasteiger partial charge on any atom is -0.353 e. The first-order chi connectivity index (χ1) is 17.8. The van der Waals surface area contributed by atoms with Gasteiger partial charge in [-0.25, -0.2) is 13.2 Å². The Bertz CT molecular complexity index is 1190. The lowest BCUT2D eigenvalue weighted by molar-refractivity contribution is -0.757. The van der Waals surface area contributed by atoms with Crippen molar-refractivity contribution in [1.29, 1.82) is 0 Å². The number of halogens is 6. The summed E-state index contributed by atoms with van der Waals surface area (Å²) in [5, 5.41) is 18.3. The molecule has 2 amide bonds. The van der Waals surface area contributed by atoms with Crippen LogP contribution in [0.3, 0.4) is 0 Å². The average molecular weight is 552 g/mol. The third kappa shape index (κ3) is 7.55. The smallest absolute Gasteiger partial charge is 0.353 e. The van der Waals surface area contributed by atoms with Gasteiger partial charge in [-0.15, -0.1) is 20.3 Å². The van der Waals surface area contributed by atoms with Gasteiger partial charge in [0, 0.05) is 38.0 Å². The Hall–Kier alpha value is -3.92. The number of aromatic nitrogens is 3. The summed E-state index contributed by atoms with van der Waals surface area (Å²) in [6.45, 7) is -0.885. The second kappa shape index (κ2) is 12.1. The van der Waals surface area contributed by atoms with E-state index in [9.17, 15) is 46.0 Å². The van der Waals surface area contributed by atoms with Crippen molar-refractivity contribution in [2.75, 3.05) is 13.2 Å². The average Bonchev–Trinajstić information content (AvgIpc) is 3.26. The van der Waals surface area contributed by atoms with E-state index in [0.29, 0.717) is 12.1 Å². The molecule has 1 aromatic carbocycles. The number of alkyl halides is 3. The van der Waals surface area contributed by atoms with E-state index in [0.717, 1.165) is 4.57 Å². The molecule has 1 aliphatic heterocycles. The molecule has 17 heteroatoms. The summed E-state index contributed by atoms with van der Waals surface area (Å²) in [5.41, 5.74) is -0.311. The number of nitrogens with zero attached hydrogens (tertiary/aromatic N) is 5. The minimum atomic E-state index is -4.73. The summed E-state index contributed by atoms with van der Waals surface area (Å²) in [7, 11) is 0. The Morgan fingerprint density at radius 3 is 2.50 bits per heavy atom. The molecule has 0 radical (unpaired) electrons. The number of nitrogens with one attached hydrogen (secondary N) is 1. The number of amides is 2. The van der Waals surface area contributed by atoms with Crippen LogP contribution in [0.5, 0.6) is 0 Å². The van der Waals surface area contributed by atoms with Gasteiger partial charge in [0.15, 0.2) is 17.5 Å².